The van der Waals surface area contributed by atoms with Crippen molar-refractivity contribution < 1.29 is 23.9 Å². The van der Waals surface area contributed by atoms with Crippen LogP contribution in [0.1, 0.15) is 75.8 Å². The number of para-hydroxylation sites is 1. The van der Waals surface area contributed by atoms with Crippen LogP contribution in [0.4, 0.5) is 10.5 Å². The number of benzene rings is 2. The second kappa shape index (κ2) is 13.7. The number of primary amides is 1. The summed E-state index contributed by atoms with van der Waals surface area (Å²) in [6, 6.07) is 7.85. The van der Waals surface area contributed by atoms with Gasteiger partial charge in [-0.3, -0.25) is 14.4 Å². The van der Waals surface area contributed by atoms with E-state index in [4.69, 9.17) is 22.1 Å². The Morgan fingerprint density at radius 1 is 1.02 bits per heavy atom. The molecule has 4 N–H and O–H groups in total. The fourth-order valence-electron chi connectivity index (χ4n) is 4.18. The Morgan fingerprint density at radius 3 is 2.20 bits per heavy atom. The van der Waals surface area contributed by atoms with E-state index in [1.54, 1.807) is 45.9 Å². The highest BCUT2D eigenvalue weighted by Crippen LogP contribution is 2.32. The molecule has 40 heavy (non-hydrogen) atoms. The van der Waals surface area contributed by atoms with Gasteiger partial charge in [-0.25, -0.2) is 4.79 Å². The Balaban J connectivity index is 2.66. The molecule has 10 heteroatoms. The third kappa shape index (κ3) is 8.71. The Bertz CT molecular complexity index is 1240. The largest absolute Gasteiger partial charge is 0.444 e. The van der Waals surface area contributed by atoms with Crippen molar-refractivity contribution in [3.63, 3.8) is 0 Å². The van der Waals surface area contributed by atoms with Gasteiger partial charge < -0.3 is 26.0 Å². The van der Waals surface area contributed by atoms with E-state index in [0.29, 0.717) is 22.7 Å². The molecule has 0 bridgehead atoms. The topological polar surface area (TPSA) is 131 Å². The minimum absolute atomic E-state index is 0.354. The Hall–Kier alpha value is -3.59. The minimum Gasteiger partial charge on any atom is -0.444 e. The fraction of sp³-hybridized carbons (Fsp3) is 0.467. The van der Waals surface area contributed by atoms with Crippen molar-refractivity contribution in [1.29, 1.82) is 0 Å². The summed E-state index contributed by atoms with van der Waals surface area (Å²) in [5, 5.41) is 5.75. The smallest absolute Gasteiger partial charge is 0.408 e. The van der Waals surface area contributed by atoms with Crippen molar-refractivity contribution in [3.8, 4) is 0 Å². The summed E-state index contributed by atoms with van der Waals surface area (Å²) in [5.41, 5.74) is 8.32. The fourth-order valence-corrected chi connectivity index (χ4v) is 4.45. The van der Waals surface area contributed by atoms with Gasteiger partial charge in [0.1, 0.15) is 17.7 Å². The molecular weight excluding hydrogens is 532 g/mol. The lowest BCUT2D eigenvalue weighted by atomic mass is 9.96. The highest BCUT2D eigenvalue weighted by molar-refractivity contribution is 6.34. The number of alkyl carbamates (subject to hydrolysis) is 1. The van der Waals surface area contributed by atoms with Gasteiger partial charge in [-0.05, 0) is 83.2 Å². The van der Waals surface area contributed by atoms with Crippen molar-refractivity contribution in [3.05, 3.63) is 63.7 Å². The van der Waals surface area contributed by atoms with Crippen LogP contribution in [0.25, 0.3) is 0 Å². The predicted octanol–water partition coefficient (Wildman–Crippen LogP) is 5.34. The molecular formula is C30H41ClN4O5. The number of carbonyl (C=O) groups is 4. The maximum atomic E-state index is 14.2. The van der Waals surface area contributed by atoms with Gasteiger partial charge in [0.25, 0.3) is 5.91 Å². The summed E-state index contributed by atoms with van der Waals surface area (Å²) < 4.78 is 5.33. The van der Waals surface area contributed by atoms with Crippen LogP contribution >= 0.6 is 11.6 Å². The maximum absolute atomic E-state index is 14.2. The number of nitrogens with two attached hydrogens (primary N) is 1. The zero-order valence-electron chi connectivity index (χ0n) is 24.6. The van der Waals surface area contributed by atoms with Gasteiger partial charge in [-0.1, -0.05) is 48.9 Å². The van der Waals surface area contributed by atoms with Crippen LogP contribution in [-0.4, -0.2) is 46.4 Å². The van der Waals surface area contributed by atoms with E-state index in [0.717, 1.165) is 16.7 Å². The lowest BCUT2D eigenvalue weighted by molar-refractivity contribution is -0.144. The van der Waals surface area contributed by atoms with Crippen molar-refractivity contribution in [2.75, 3.05) is 5.32 Å². The van der Waals surface area contributed by atoms with Crippen LogP contribution in [-0.2, 0) is 19.1 Å². The molecule has 0 saturated carbocycles. The molecule has 0 fully saturated rings. The van der Waals surface area contributed by atoms with E-state index in [1.807, 2.05) is 45.9 Å². The Kier molecular flexibility index (Phi) is 11.1. The second-order valence-corrected chi connectivity index (χ2v) is 11.4. The molecule has 2 rings (SSSR count). The first-order chi connectivity index (χ1) is 18.5. The van der Waals surface area contributed by atoms with Crippen LogP contribution in [0.5, 0.6) is 0 Å². The monoisotopic (exact) mass is 572 g/mol. The zero-order chi connectivity index (χ0) is 30.4. The highest BCUT2D eigenvalue weighted by Gasteiger charge is 2.39. The number of halogens is 1. The number of hydrogen-bond acceptors (Lipinski definition) is 5. The quantitative estimate of drug-likeness (QED) is 0.353. The van der Waals surface area contributed by atoms with Gasteiger partial charge >= 0.3 is 6.09 Å². The van der Waals surface area contributed by atoms with Crippen molar-refractivity contribution in [2.24, 2.45) is 5.73 Å². The molecule has 0 aromatic heterocycles. The summed E-state index contributed by atoms with van der Waals surface area (Å²) in [7, 11) is 0. The molecule has 0 heterocycles. The first-order valence-electron chi connectivity index (χ1n) is 13.3. The third-order valence-corrected chi connectivity index (χ3v) is 6.87. The number of nitrogens with one attached hydrogen (secondary N) is 2. The molecule has 4 amide bonds. The number of aryl methyl sites for hydroxylation is 3. The lowest BCUT2D eigenvalue weighted by Gasteiger charge is -2.38. The maximum Gasteiger partial charge on any atom is 0.408 e. The number of amides is 4. The number of anilines is 1. The first kappa shape index (κ1) is 32.6. The van der Waals surface area contributed by atoms with Gasteiger partial charge in [-0.2, -0.15) is 0 Å². The normalized spacial score (nSPS) is 13.5. The van der Waals surface area contributed by atoms with E-state index < -0.39 is 54.0 Å². The van der Waals surface area contributed by atoms with Crippen molar-refractivity contribution in [2.45, 2.75) is 92.0 Å². The average Bonchev–Trinajstić information content (AvgIpc) is 2.83. The molecule has 9 nitrogen and oxygen atoms in total. The number of nitrogens with zero attached hydrogens (tertiary/aromatic N) is 1. The summed E-state index contributed by atoms with van der Waals surface area (Å²) in [4.78, 5) is 54.3. The second-order valence-electron chi connectivity index (χ2n) is 11.0. The molecule has 3 atom stereocenters. The van der Waals surface area contributed by atoms with Gasteiger partial charge in [0.05, 0.1) is 17.1 Å². The molecule has 0 aliphatic carbocycles. The minimum atomic E-state index is -1.36. The number of carbonyl (C=O) groups excluding carboxylic acids is 4. The molecule has 2 aromatic rings. The van der Waals surface area contributed by atoms with E-state index in [-0.39, 0.29) is 0 Å². The number of rotatable bonds is 10. The molecule has 3 unspecified atom stereocenters. The van der Waals surface area contributed by atoms with E-state index in [1.165, 1.54) is 4.90 Å². The van der Waals surface area contributed by atoms with Crippen LogP contribution in [0.15, 0.2) is 36.4 Å². The van der Waals surface area contributed by atoms with Crippen LogP contribution < -0.4 is 16.4 Å². The molecule has 2 aromatic carbocycles. The van der Waals surface area contributed by atoms with Gasteiger partial charge in [0.15, 0.2) is 0 Å². The number of ether oxygens (including phenoxy) is 1. The van der Waals surface area contributed by atoms with E-state index in [9.17, 15) is 19.2 Å². The van der Waals surface area contributed by atoms with Gasteiger partial charge in [-0.15, -0.1) is 0 Å². The van der Waals surface area contributed by atoms with E-state index >= 15 is 0 Å². The average molecular weight is 573 g/mol. The lowest BCUT2D eigenvalue weighted by Crippen LogP contribution is -2.55. The van der Waals surface area contributed by atoms with Gasteiger partial charge in [0, 0.05) is 6.04 Å². The Morgan fingerprint density at radius 2 is 1.68 bits per heavy atom. The standard InChI is InChI=1S/C30H41ClN4O5/c1-9-20(5)35(28(38)23(16-24(32)36)33-29(39)40-30(6,7)8)26(21-14-13-17(2)19(4)15-21)27(37)34-25-18(3)11-10-12-22(25)31/h10-15,20,23,26H,9,16H2,1-8H3,(H2,32,36)(H,33,39)(H,34,37). The molecule has 218 valence electrons. The van der Waals surface area contributed by atoms with Gasteiger partial charge in [0.2, 0.25) is 11.8 Å². The summed E-state index contributed by atoms with van der Waals surface area (Å²) in [6.45, 7) is 14.4. The zero-order valence-corrected chi connectivity index (χ0v) is 25.3. The van der Waals surface area contributed by atoms with Crippen molar-refractivity contribution in [1.82, 2.24) is 10.2 Å². The molecule has 0 spiro atoms. The number of hydrogen-bond donors (Lipinski definition) is 3. The summed E-state index contributed by atoms with van der Waals surface area (Å²) >= 11 is 6.41. The van der Waals surface area contributed by atoms with Crippen LogP contribution in [0.3, 0.4) is 0 Å². The highest BCUT2D eigenvalue weighted by atomic mass is 35.5. The van der Waals surface area contributed by atoms with Crippen LogP contribution in [0, 0.1) is 20.8 Å². The molecule has 0 saturated heterocycles. The summed E-state index contributed by atoms with van der Waals surface area (Å²) in [6.07, 6.45) is -0.869. The Labute approximate surface area is 241 Å². The first-order valence-corrected chi connectivity index (χ1v) is 13.7. The SMILES string of the molecule is CCC(C)N(C(=O)C(CC(N)=O)NC(=O)OC(C)(C)C)C(C(=O)Nc1c(C)cccc1Cl)c1ccc(C)c(C)c1. The predicted molar refractivity (Wildman–Crippen MR) is 157 cm³/mol. The van der Waals surface area contributed by atoms with Crippen molar-refractivity contribution >= 4 is 41.1 Å². The molecule has 0 aliphatic heterocycles. The molecule has 0 radical (unpaired) electrons. The van der Waals surface area contributed by atoms with Crippen LogP contribution in [0.2, 0.25) is 5.02 Å². The third-order valence-electron chi connectivity index (χ3n) is 6.56. The summed E-state index contributed by atoms with van der Waals surface area (Å²) in [5.74, 6) is -1.94. The molecule has 0 aliphatic rings. The van der Waals surface area contributed by atoms with E-state index in [2.05, 4.69) is 10.6 Å².